The molecule has 0 radical (unpaired) electrons. The second-order valence-corrected chi connectivity index (χ2v) is 4.25. The number of hydrogen-bond donors (Lipinski definition) is 1. The molecule has 0 atom stereocenters. The molecule has 3 rings (SSSR count). The van der Waals surface area contributed by atoms with E-state index in [4.69, 9.17) is 0 Å². The summed E-state index contributed by atoms with van der Waals surface area (Å²) in [4.78, 5) is 23.6. The molecular formula is C11H7F3N4O2. The normalized spacial score (nSPS) is 12.4. The summed E-state index contributed by atoms with van der Waals surface area (Å²) in [5, 5.41) is 5.59. The first-order valence-corrected chi connectivity index (χ1v) is 5.48. The summed E-state index contributed by atoms with van der Waals surface area (Å²) >= 11 is 0. The van der Waals surface area contributed by atoms with Crippen molar-refractivity contribution in [1.29, 1.82) is 0 Å². The minimum atomic E-state index is -4.54. The van der Waals surface area contributed by atoms with E-state index in [-0.39, 0.29) is 16.7 Å². The minimum Gasteiger partial charge on any atom is -0.307 e. The van der Waals surface area contributed by atoms with Gasteiger partial charge in [0.1, 0.15) is 0 Å². The average Bonchev–Trinajstić information content (AvgIpc) is 2.76. The maximum absolute atomic E-state index is 12.7. The van der Waals surface area contributed by atoms with Crippen molar-refractivity contribution >= 4 is 16.7 Å². The average molecular weight is 284 g/mol. The Labute approximate surface area is 108 Å². The Hall–Kier alpha value is -2.58. The lowest BCUT2D eigenvalue weighted by Crippen LogP contribution is -2.23. The fourth-order valence-corrected chi connectivity index (χ4v) is 2.09. The van der Waals surface area contributed by atoms with Crippen LogP contribution < -0.4 is 11.2 Å². The molecule has 20 heavy (non-hydrogen) atoms. The van der Waals surface area contributed by atoms with Crippen LogP contribution in [0.3, 0.4) is 0 Å². The van der Waals surface area contributed by atoms with Crippen molar-refractivity contribution in [2.75, 3.05) is 0 Å². The highest BCUT2D eigenvalue weighted by molar-refractivity contribution is 5.78. The Bertz CT molecular complexity index is 948. The molecule has 0 spiro atoms. The standard InChI is InChI=1S/C11H7F3N4O2/c1-17-6-3-2-5(11(12,13)14)4-7(6)18-8(9(17)19)15-16-10(18)20/h2-4H,1H3,(H,16,20). The van der Waals surface area contributed by atoms with Gasteiger partial charge in [-0.2, -0.15) is 13.2 Å². The molecule has 2 heterocycles. The molecule has 3 aromatic rings. The number of benzene rings is 1. The highest BCUT2D eigenvalue weighted by Gasteiger charge is 2.31. The number of H-pyrrole nitrogens is 1. The summed E-state index contributed by atoms with van der Waals surface area (Å²) in [5.41, 5.74) is -2.31. The van der Waals surface area contributed by atoms with E-state index in [1.165, 1.54) is 7.05 Å². The zero-order valence-corrected chi connectivity index (χ0v) is 10.0. The molecule has 6 nitrogen and oxygen atoms in total. The molecule has 0 aliphatic carbocycles. The number of alkyl halides is 3. The van der Waals surface area contributed by atoms with Crippen LogP contribution in [0.2, 0.25) is 0 Å². The van der Waals surface area contributed by atoms with Crippen molar-refractivity contribution in [2.24, 2.45) is 7.05 Å². The second kappa shape index (κ2) is 3.71. The first-order chi connectivity index (χ1) is 9.30. The van der Waals surface area contributed by atoms with Gasteiger partial charge in [0.15, 0.2) is 0 Å². The molecule has 0 saturated heterocycles. The van der Waals surface area contributed by atoms with Crippen LogP contribution in [0.25, 0.3) is 16.7 Å². The van der Waals surface area contributed by atoms with Crippen molar-refractivity contribution < 1.29 is 13.2 Å². The van der Waals surface area contributed by atoms with Gasteiger partial charge in [0.05, 0.1) is 16.6 Å². The van der Waals surface area contributed by atoms with Crippen LogP contribution in [0.1, 0.15) is 5.56 Å². The summed E-state index contributed by atoms with van der Waals surface area (Å²) in [5.74, 6) is 0. The molecule has 0 aliphatic heterocycles. The van der Waals surface area contributed by atoms with Crippen LogP contribution in [-0.2, 0) is 13.2 Å². The van der Waals surface area contributed by atoms with Crippen LogP contribution in [0.15, 0.2) is 27.8 Å². The van der Waals surface area contributed by atoms with Gasteiger partial charge >= 0.3 is 11.9 Å². The third-order valence-corrected chi connectivity index (χ3v) is 3.07. The Morgan fingerprint density at radius 1 is 1.20 bits per heavy atom. The Morgan fingerprint density at radius 2 is 1.90 bits per heavy atom. The highest BCUT2D eigenvalue weighted by Crippen LogP contribution is 2.30. The van der Waals surface area contributed by atoms with E-state index in [0.29, 0.717) is 0 Å². The van der Waals surface area contributed by atoms with Crippen molar-refractivity contribution in [2.45, 2.75) is 6.18 Å². The molecule has 0 fully saturated rings. The summed E-state index contributed by atoms with van der Waals surface area (Å²) < 4.78 is 40.2. The quantitative estimate of drug-likeness (QED) is 0.666. The summed E-state index contributed by atoms with van der Waals surface area (Å²) in [7, 11) is 1.40. The Balaban J connectivity index is 2.60. The number of aromatic nitrogens is 4. The summed E-state index contributed by atoms with van der Waals surface area (Å²) in [6.45, 7) is 0. The predicted octanol–water partition coefficient (Wildman–Crippen LogP) is 0.893. The SMILES string of the molecule is Cn1c(=O)c2n[nH]c(=O)n2c2cc(C(F)(F)F)ccc21. The minimum absolute atomic E-state index is 0.0318. The number of rotatable bonds is 0. The lowest BCUT2D eigenvalue weighted by molar-refractivity contribution is -0.137. The zero-order chi connectivity index (χ0) is 14.7. The van der Waals surface area contributed by atoms with E-state index < -0.39 is 23.0 Å². The van der Waals surface area contributed by atoms with Crippen molar-refractivity contribution in [3.63, 3.8) is 0 Å². The molecule has 0 saturated carbocycles. The number of fused-ring (bicyclic) bond motifs is 3. The van der Waals surface area contributed by atoms with E-state index in [1.54, 1.807) is 0 Å². The Kier molecular flexibility index (Phi) is 2.31. The smallest absolute Gasteiger partial charge is 0.307 e. The molecule has 9 heteroatoms. The van der Waals surface area contributed by atoms with Gasteiger partial charge in [-0.15, -0.1) is 5.10 Å². The van der Waals surface area contributed by atoms with Gasteiger partial charge in [-0.3, -0.25) is 4.79 Å². The molecule has 104 valence electrons. The monoisotopic (exact) mass is 284 g/mol. The Morgan fingerprint density at radius 3 is 2.55 bits per heavy atom. The van der Waals surface area contributed by atoms with Gasteiger partial charge < -0.3 is 4.57 Å². The van der Waals surface area contributed by atoms with Crippen molar-refractivity contribution in [3.8, 4) is 0 Å². The van der Waals surface area contributed by atoms with E-state index in [0.717, 1.165) is 27.2 Å². The molecule has 0 aliphatic rings. The second-order valence-electron chi connectivity index (χ2n) is 4.25. The lowest BCUT2D eigenvalue weighted by atomic mass is 10.2. The van der Waals surface area contributed by atoms with Crippen LogP contribution in [0, 0.1) is 0 Å². The van der Waals surface area contributed by atoms with Gasteiger partial charge in [-0.25, -0.2) is 14.3 Å². The molecule has 0 unspecified atom stereocenters. The fourth-order valence-electron chi connectivity index (χ4n) is 2.09. The number of halogens is 3. The number of aryl methyl sites for hydroxylation is 1. The molecule has 1 aromatic carbocycles. The van der Waals surface area contributed by atoms with E-state index in [2.05, 4.69) is 10.2 Å². The van der Waals surface area contributed by atoms with Gasteiger partial charge in [0.25, 0.3) is 5.56 Å². The fraction of sp³-hybridized carbons (Fsp3) is 0.182. The highest BCUT2D eigenvalue weighted by atomic mass is 19.4. The molecule has 1 N–H and O–H groups in total. The van der Waals surface area contributed by atoms with E-state index in [1.807, 2.05) is 0 Å². The van der Waals surface area contributed by atoms with Crippen LogP contribution in [0.5, 0.6) is 0 Å². The molecule has 0 amide bonds. The van der Waals surface area contributed by atoms with E-state index in [9.17, 15) is 22.8 Å². The van der Waals surface area contributed by atoms with Crippen LogP contribution in [0.4, 0.5) is 13.2 Å². The van der Waals surface area contributed by atoms with Gasteiger partial charge in [0.2, 0.25) is 5.65 Å². The third kappa shape index (κ3) is 1.55. The molecular weight excluding hydrogens is 277 g/mol. The number of nitrogens with zero attached hydrogens (tertiary/aromatic N) is 3. The third-order valence-electron chi connectivity index (χ3n) is 3.07. The predicted molar refractivity (Wildman–Crippen MR) is 63.6 cm³/mol. The van der Waals surface area contributed by atoms with Gasteiger partial charge in [-0.1, -0.05) is 0 Å². The number of aromatic amines is 1. The van der Waals surface area contributed by atoms with Crippen molar-refractivity contribution in [3.05, 3.63) is 44.6 Å². The zero-order valence-electron chi connectivity index (χ0n) is 10.0. The largest absolute Gasteiger partial charge is 0.416 e. The first-order valence-electron chi connectivity index (χ1n) is 5.48. The van der Waals surface area contributed by atoms with Gasteiger partial charge in [0, 0.05) is 7.05 Å². The maximum atomic E-state index is 12.7. The first kappa shape index (κ1) is 12.5. The van der Waals surface area contributed by atoms with E-state index >= 15 is 0 Å². The van der Waals surface area contributed by atoms with Crippen LogP contribution >= 0.6 is 0 Å². The molecule has 2 aromatic heterocycles. The number of hydrogen-bond acceptors (Lipinski definition) is 3. The van der Waals surface area contributed by atoms with Crippen molar-refractivity contribution in [1.82, 2.24) is 19.2 Å². The maximum Gasteiger partial charge on any atom is 0.416 e. The van der Waals surface area contributed by atoms with Gasteiger partial charge in [-0.05, 0) is 18.2 Å². The summed E-state index contributed by atoms with van der Waals surface area (Å²) in [6, 6.07) is 2.83. The summed E-state index contributed by atoms with van der Waals surface area (Å²) in [6.07, 6.45) is -4.54. The number of nitrogens with one attached hydrogen (secondary N) is 1. The van der Waals surface area contributed by atoms with Crippen LogP contribution in [-0.4, -0.2) is 19.2 Å². The lowest BCUT2D eigenvalue weighted by Gasteiger charge is -2.10. The topological polar surface area (TPSA) is 72.2 Å². The molecule has 0 bridgehead atoms.